The average molecular weight is 679 g/mol. The van der Waals surface area contributed by atoms with E-state index >= 15 is 0 Å². The molecule has 1 aromatic heterocycles. The Morgan fingerprint density at radius 1 is 0.340 bits per heavy atom. The van der Waals surface area contributed by atoms with Gasteiger partial charge in [-0.1, -0.05) is 140 Å². The standard InChI is InChI=1S/C50H34N2O/c1-3-15-33(16-4-1)51-29-30-52(34-17-5-2-6-18-34)47-32-45-41-25-13-24-40(43-27-14-26-42-38-22-11-12-28-48(38)53-50(42)43)49(41)39-23-10-9-20-36(39)35-19-7-8-21-37(35)44(45)31-46(47)51/h1-28,31-32H,29-30H2. The topological polar surface area (TPSA) is 19.6 Å². The molecule has 0 N–H and O–H groups in total. The lowest BCUT2D eigenvalue weighted by Gasteiger charge is -2.40. The van der Waals surface area contributed by atoms with E-state index in [9.17, 15) is 0 Å². The molecule has 1 aliphatic carbocycles. The van der Waals surface area contributed by atoms with Crippen LogP contribution in [-0.4, -0.2) is 13.1 Å². The van der Waals surface area contributed by atoms with Gasteiger partial charge in [0.15, 0.2) is 0 Å². The van der Waals surface area contributed by atoms with E-state index < -0.39 is 0 Å². The third-order valence-corrected chi connectivity index (χ3v) is 11.1. The summed E-state index contributed by atoms with van der Waals surface area (Å²) in [6, 6.07) is 66.2. The molecule has 2 aliphatic rings. The molecule has 0 unspecified atom stereocenters. The molecule has 2 heterocycles. The van der Waals surface area contributed by atoms with Crippen LogP contribution in [0.5, 0.6) is 0 Å². The SMILES string of the molecule is c1ccc(N2CCN(c3ccccc3)c3cc4c(cc32)-c2ccccc2-c2ccccc2-c2c-4cccc2-c2cccc3c2oc2ccccc23)cc1. The Bertz CT molecular complexity index is 2850. The number of para-hydroxylation sites is 4. The molecule has 1 aliphatic heterocycles. The van der Waals surface area contributed by atoms with Crippen molar-refractivity contribution in [2.24, 2.45) is 0 Å². The maximum Gasteiger partial charge on any atom is 0.143 e. The molecule has 0 spiro atoms. The number of rotatable bonds is 3. The molecule has 0 bridgehead atoms. The van der Waals surface area contributed by atoms with Crippen LogP contribution in [0, 0.1) is 0 Å². The highest BCUT2D eigenvalue weighted by Gasteiger charge is 2.31. The number of hydrogen-bond acceptors (Lipinski definition) is 3. The van der Waals surface area contributed by atoms with Crippen LogP contribution in [0.25, 0.3) is 77.6 Å². The molecule has 11 rings (SSSR count). The first kappa shape index (κ1) is 29.8. The molecule has 3 nitrogen and oxygen atoms in total. The zero-order valence-electron chi connectivity index (χ0n) is 29.0. The van der Waals surface area contributed by atoms with Gasteiger partial charge in [-0.15, -0.1) is 0 Å². The van der Waals surface area contributed by atoms with E-state index in [1.807, 2.05) is 6.07 Å². The highest BCUT2D eigenvalue weighted by Crippen LogP contribution is 2.55. The lowest BCUT2D eigenvalue weighted by Crippen LogP contribution is -2.36. The van der Waals surface area contributed by atoms with Gasteiger partial charge in [-0.05, 0) is 92.5 Å². The Hall–Kier alpha value is -6.84. The lowest BCUT2D eigenvalue weighted by molar-refractivity contribution is 0.670. The summed E-state index contributed by atoms with van der Waals surface area (Å²) in [7, 11) is 0. The number of benzene rings is 8. The predicted octanol–water partition coefficient (Wildman–Crippen LogP) is 13.5. The first-order valence-corrected chi connectivity index (χ1v) is 18.4. The first-order chi connectivity index (χ1) is 26.3. The summed E-state index contributed by atoms with van der Waals surface area (Å²) >= 11 is 0. The van der Waals surface area contributed by atoms with Crippen molar-refractivity contribution in [1.29, 1.82) is 0 Å². The molecule has 0 fully saturated rings. The zero-order valence-corrected chi connectivity index (χ0v) is 29.0. The fourth-order valence-electron chi connectivity index (χ4n) is 8.79. The van der Waals surface area contributed by atoms with Crippen LogP contribution >= 0.6 is 0 Å². The van der Waals surface area contributed by atoms with Gasteiger partial charge in [-0.2, -0.15) is 0 Å². The van der Waals surface area contributed by atoms with Gasteiger partial charge in [0, 0.05) is 40.8 Å². The summed E-state index contributed by atoms with van der Waals surface area (Å²) in [5.41, 5.74) is 18.7. The quantitative estimate of drug-likeness (QED) is 0.185. The fraction of sp³-hybridized carbons (Fsp3) is 0.0400. The van der Waals surface area contributed by atoms with Gasteiger partial charge in [0.2, 0.25) is 0 Å². The molecular formula is C50H34N2O. The number of furan rings is 1. The molecule has 0 saturated heterocycles. The van der Waals surface area contributed by atoms with E-state index in [1.165, 1.54) is 67.3 Å². The fourth-order valence-corrected chi connectivity index (χ4v) is 8.79. The van der Waals surface area contributed by atoms with E-state index in [0.717, 1.165) is 46.2 Å². The summed E-state index contributed by atoms with van der Waals surface area (Å²) < 4.78 is 6.68. The first-order valence-electron chi connectivity index (χ1n) is 18.4. The molecule has 53 heavy (non-hydrogen) atoms. The van der Waals surface area contributed by atoms with Gasteiger partial charge < -0.3 is 14.2 Å². The smallest absolute Gasteiger partial charge is 0.143 e. The molecule has 3 heteroatoms. The monoisotopic (exact) mass is 678 g/mol. The third-order valence-electron chi connectivity index (χ3n) is 11.1. The molecule has 0 amide bonds. The Kier molecular flexibility index (Phi) is 6.68. The van der Waals surface area contributed by atoms with Crippen LogP contribution in [-0.2, 0) is 0 Å². The van der Waals surface area contributed by atoms with Crippen molar-refractivity contribution in [3.8, 4) is 55.6 Å². The molecule has 8 aromatic carbocycles. The second kappa shape index (κ2) is 11.9. The minimum absolute atomic E-state index is 0.866. The van der Waals surface area contributed by atoms with E-state index in [4.69, 9.17) is 4.42 Å². The van der Waals surface area contributed by atoms with Gasteiger partial charge in [0.05, 0.1) is 11.4 Å². The minimum Gasteiger partial charge on any atom is -0.455 e. The van der Waals surface area contributed by atoms with Crippen LogP contribution in [0.1, 0.15) is 0 Å². The van der Waals surface area contributed by atoms with Gasteiger partial charge in [-0.25, -0.2) is 0 Å². The van der Waals surface area contributed by atoms with E-state index in [0.29, 0.717) is 0 Å². The summed E-state index contributed by atoms with van der Waals surface area (Å²) in [6.07, 6.45) is 0. The Balaban J connectivity index is 1.25. The molecule has 0 saturated carbocycles. The minimum atomic E-state index is 0.866. The number of nitrogens with zero attached hydrogens (tertiary/aromatic N) is 2. The van der Waals surface area contributed by atoms with Gasteiger partial charge in [0.25, 0.3) is 0 Å². The Labute approximate surface area is 308 Å². The van der Waals surface area contributed by atoms with Crippen molar-refractivity contribution < 1.29 is 4.42 Å². The van der Waals surface area contributed by atoms with Crippen LogP contribution in [0.3, 0.4) is 0 Å². The van der Waals surface area contributed by atoms with Crippen molar-refractivity contribution in [1.82, 2.24) is 0 Å². The Morgan fingerprint density at radius 3 is 1.43 bits per heavy atom. The van der Waals surface area contributed by atoms with Crippen molar-refractivity contribution in [3.63, 3.8) is 0 Å². The van der Waals surface area contributed by atoms with Crippen molar-refractivity contribution in [3.05, 3.63) is 182 Å². The van der Waals surface area contributed by atoms with Crippen LogP contribution in [0.4, 0.5) is 22.7 Å². The second-order valence-electron chi connectivity index (χ2n) is 14.0. The van der Waals surface area contributed by atoms with Gasteiger partial charge >= 0.3 is 0 Å². The molecule has 0 atom stereocenters. The number of hydrogen-bond donors (Lipinski definition) is 0. The highest BCUT2D eigenvalue weighted by molar-refractivity contribution is 6.14. The largest absolute Gasteiger partial charge is 0.455 e. The Morgan fingerprint density at radius 2 is 0.774 bits per heavy atom. The van der Waals surface area contributed by atoms with Crippen LogP contribution in [0.15, 0.2) is 186 Å². The number of anilines is 4. The summed E-state index contributed by atoms with van der Waals surface area (Å²) in [4.78, 5) is 4.98. The van der Waals surface area contributed by atoms with Crippen LogP contribution in [0.2, 0.25) is 0 Å². The molecule has 0 radical (unpaired) electrons. The van der Waals surface area contributed by atoms with E-state index in [2.05, 4.69) is 186 Å². The normalized spacial score (nSPS) is 13.1. The van der Waals surface area contributed by atoms with E-state index in [1.54, 1.807) is 0 Å². The number of fused-ring (bicyclic) bond motifs is 12. The second-order valence-corrected chi connectivity index (χ2v) is 14.0. The van der Waals surface area contributed by atoms with Gasteiger partial charge in [0.1, 0.15) is 11.2 Å². The van der Waals surface area contributed by atoms with E-state index in [-0.39, 0.29) is 0 Å². The van der Waals surface area contributed by atoms with Gasteiger partial charge in [-0.3, -0.25) is 0 Å². The molecular weight excluding hydrogens is 645 g/mol. The molecule has 9 aromatic rings. The predicted molar refractivity (Wildman–Crippen MR) is 221 cm³/mol. The summed E-state index contributed by atoms with van der Waals surface area (Å²) in [5, 5.41) is 2.27. The summed E-state index contributed by atoms with van der Waals surface area (Å²) in [5.74, 6) is 0. The summed E-state index contributed by atoms with van der Waals surface area (Å²) in [6.45, 7) is 1.74. The maximum absolute atomic E-state index is 6.68. The highest BCUT2D eigenvalue weighted by atomic mass is 16.3. The van der Waals surface area contributed by atoms with Crippen molar-refractivity contribution in [2.75, 3.05) is 22.9 Å². The molecule has 250 valence electrons. The third kappa shape index (κ3) is 4.60. The van der Waals surface area contributed by atoms with Crippen LogP contribution < -0.4 is 9.80 Å². The maximum atomic E-state index is 6.68. The lowest BCUT2D eigenvalue weighted by atomic mass is 9.78. The average Bonchev–Trinajstić information content (AvgIpc) is 3.62. The van der Waals surface area contributed by atoms with Crippen molar-refractivity contribution >= 4 is 44.7 Å². The zero-order chi connectivity index (χ0) is 34.9. The van der Waals surface area contributed by atoms with Crippen molar-refractivity contribution in [2.45, 2.75) is 0 Å².